The summed E-state index contributed by atoms with van der Waals surface area (Å²) in [5, 5.41) is 3.24. The fourth-order valence-electron chi connectivity index (χ4n) is 2.53. The highest BCUT2D eigenvalue weighted by atomic mass is 19.1. The van der Waals surface area contributed by atoms with Gasteiger partial charge in [-0.1, -0.05) is 36.4 Å². The maximum absolute atomic E-state index is 13.8. The lowest BCUT2D eigenvalue weighted by Crippen LogP contribution is -2.19. The predicted molar refractivity (Wildman–Crippen MR) is 94.6 cm³/mol. The smallest absolute Gasteiger partial charge is 0.130 e. The fraction of sp³-hybridized carbons (Fsp3) is 0.143. The molecule has 3 aromatic rings. The Morgan fingerprint density at radius 3 is 2.24 bits per heavy atom. The number of para-hydroxylation sites is 1. The Labute approximate surface area is 146 Å². The Balaban J connectivity index is 1.58. The molecule has 0 aliphatic carbocycles. The van der Waals surface area contributed by atoms with Gasteiger partial charge in [-0.25, -0.2) is 8.78 Å². The van der Waals surface area contributed by atoms with Crippen molar-refractivity contribution in [1.82, 2.24) is 5.32 Å². The van der Waals surface area contributed by atoms with Crippen LogP contribution < -0.4 is 10.1 Å². The molecule has 0 aliphatic rings. The van der Waals surface area contributed by atoms with Crippen LogP contribution in [0, 0.1) is 11.6 Å². The van der Waals surface area contributed by atoms with Crippen LogP contribution in [0.25, 0.3) is 0 Å². The highest BCUT2D eigenvalue weighted by Gasteiger charge is 2.11. The predicted octanol–water partition coefficient (Wildman–Crippen LogP) is 5.61. The molecular weight excluding hydrogens is 320 g/mol. The van der Waals surface area contributed by atoms with E-state index in [1.807, 2.05) is 61.5 Å². The van der Waals surface area contributed by atoms with E-state index in [1.165, 1.54) is 12.1 Å². The van der Waals surface area contributed by atoms with Gasteiger partial charge in [-0.05, 0) is 42.8 Å². The van der Waals surface area contributed by atoms with Crippen molar-refractivity contribution in [2.75, 3.05) is 0 Å². The quantitative estimate of drug-likeness (QED) is 0.630. The van der Waals surface area contributed by atoms with Crippen molar-refractivity contribution in [3.8, 4) is 11.5 Å². The van der Waals surface area contributed by atoms with Gasteiger partial charge in [-0.2, -0.15) is 0 Å². The van der Waals surface area contributed by atoms with Gasteiger partial charge in [-0.3, -0.25) is 0 Å². The van der Waals surface area contributed by atoms with Gasteiger partial charge in [0.05, 0.1) is 0 Å². The Hall–Kier alpha value is -2.72. The maximum Gasteiger partial charge on any atom is 0.130 e. The molecule has 0 heterocycles. The molecule has 0 radical (unpaired) electrons. The first-order valence-electron chi connectivity index (χ1n) is 8.12. The van der Waals surface area contributed by atoms with Crippen molar-refractivity contribution in [3.63, 3.8) is 0 Å². The molecule has 3 rings (SSSR count). The lowest BCUT2D eigenvalue weighted by atomic mass is 10.1. The summed E-state index contributed by atoms with van der Waals surface area (Å²) >= 11 is 0. The molecule has 0 fully saturated rings. The number of nitrogens with one attached hydrogen (secondary N) is 1. The molecule has 128 valence electrons. The monoisotopic (exact) mass is 339 g/mol. The first kappa shape index (κ1) is 17.1. The van der Waals surface area contributed by atoms with Crippen LogP contribution in [-0.4, -0.2) is 0 Å². The summed E-state index contributed by atoms with van der Waals surface area (Å²) < 4.78 is 32.5. The van der Waals surface area contributed by atoms with Crippen LogP contribution in [0.3, 0.4) is 0 Å². The maximum atomic E-state index is 13.8. The molecule has 2 nitrogen and oxygen atoms in total. The topological polar surface area (TPSA) is 21.3 Å². The molecule has 0 aromatic heterocycles. The molecule has 25 heavy (non-hydrogen) atoms. The third-order valence-corrected chi connectivity index (χ3v) is 3.94. The van der Waals surface area contributed by atoms with Crippen LogP contribution in [0.1, 0.15) is 24.1 Å². The molecule has 0 spiro atoms. The van der Waals surface area contributed by atoms with Gasteiger partial charge in [0.2, 0.25) is 0 Å². The highest BCUT2D eigenvalue weighted by Crippen LogP contribution is 2.22. The number of ether oxygens (including phenoxy) is 1. The summed E-state index contributed by atoms with van der Waals surface area (Å²) in [5.74, 6) is 0.440. The number of hydrogen-bond acceptors (Lipinski definition) is 2. The van der Waals surface area contributed by atoms with E-state index in [1.54, 1.807) is 0 Å². The van der Waals surface area contributed by atoms with Crippen LogP contribution in [0.4, 0.5) is 8.78 Å². The summed E-state index contributed by atoms with van der Waals surface area (Å²) in [6.07, 6.45) is 0. The molecule has 0 aliphatic heterocycles. The Kier molecular flexibility index (Phi) is 5.41. The third kappa shape index (κ3) is 4.64. The van der Waals surface area contributed by atoms with E-state index < -0.39 is 11.6 Å². The van der Waals surface area contributed by atoms with Gasteiger partial charge in [0.1, 0.15) is 23.1 Å². The van der Waals surface area contributed by atoms with Crippen molar-refractivity contribution in [2.45, 2.75) is 19.5 Å². The van der Waals surface area contributed by atoms with Crippen LogP contribution in [0.5, 0.6) is 11.5 Å². The van der Waals surface area contributed by atoms with Crippen molar-refractivity contribution in [2.24, 2.45) is 0 Å². The zero-order valence-electron chi connectivity index (χ0n) is 13.9. The normalized spacial score (nSPS) is 12.0. The number of benzene rings is 3. The lowest BCUT2D eigenvalue weighted by molar-refractivity contribution is 0.482. The van der Waals surface area contributed by atoms with Gasteiger partial charge in [-0.15, -0.1) is 0 Å². The summed E-state index contributed by atoms with van der Waals surface area (Å²) in [6, 6.07) is 20.7. The summed E-state index contributed by atoms with van der Waals surface area (Å²) in [6.45, 7) is 2.42. The van der Waals surface area contributed by atoms with E-state index in [0.29, 0.717) is 12.1 Å². The molecule has 0 saturated heterocycles. The number of hydrogen-bond donors (Lipinski definition) is 1. The third-order valence-electron chi connectivity index (χ3n) is 3.94. The second-order valence-corrected chi connectivity index (χ2v) is 5.83. The summed E-state index contributed by atoms with van der Waals surface area (Å²) in [5.41, 5.74) is 1.50. The molecule has 0 saturated carbocycles. The number of rotatable bonds is 6. The van der Waals surface area contributed by atoms with Crippen LogP contribution >= 0.6 is 0 Å². The molecule has 0 amide bonds. The lowest BCUT2D eigenvalue weighted by Gasteiger charge is -2.15. The molecule has 1 unspecified atom stereocenters. The van der Waals surface area contributed by atoms with Gasteiger partial charge >= 0.3 is 0 Å². The molecule has 0 bridgehead atoms. The second kappa shape index (κ2) is 7.90. The van der Waals surface area contributed by atoms with E-state index >= 15 is 0 Å². The minimum Gasteiger partial charge on any atom is -0.457 e. The van der Waals surface area contributed by atoms with Crippen LogP contribution in [0.15, 0.2) is 72.8 Å². The van der Waals surface area contributed by atoms with Gasteiger partial charge in [0.25, 0.3) is 0 Å². The average molecular weight is 339 g/mol. The van der Waals surface area contributed by atoms with Gasteiger partial charge in [0, 0.05) is 24.2 Å². The van der Waals surface area contributed by atoms with E-state index in [0.717, 1.165) is 23.1 Å². The average Bonchev–Trinajstić information content (AvgIpc) is 2.62. The van der Waals surface area contributed by atoms with Crippen molar-refractivity contribution in [1.29, 1.82) is 0 Å². The zero-order valence-corrected chi connectivity index (χ0v) is 13.9. The molecule has 1 N–H and O–H groups in total. The minimum absolute atomic E-state index is 0.221. The van der Waals surface area contributed by atoms with E-state index in [-0.39, 0.29) is 6.04 Å². The van der Waals surface area contributed by atoms with Crippen LogP contribution in [0.2, 0.25) is 0 Å². The standard InChI is InChI=1S/C21H19F2NO/c1-15(20-12-9-17(22)13-21(20)23)24-14-16-7-10-19(11-8-16)25-18-5-3-2-4-6-18/h2-13,15,24H,14H2,1H3. The Morgan fingerprint density at radius 2 is 1.56 bits per heavy atom. The summed E-state index contributed by atoms with van der Waals surface area (Å²) in [4.78, 5) is 0. The van der Waals surface area contributed by atoms with Crippen molar-refractivity contribution < 1.29 is 13.5 Å². The largest absolute Gasteiger partial charge is 0.457 e. The summed E-state index contributed by atoms with van der Waals surface area (Å²) in [7, 11) is 0. The Morgan fingerprint density at radius 1 is 0.880 bits per heavy atom. The van der Waals surface area contributed by atoms with Crippen LogP contribution in [-0.2, 0) is 6.54 Å². The first-order chi connectivity index (χ1) is 12.1. The van der Waals surface area contributed by atoms with Crippen molar-refractivity contribution in [3.05, 3.63) is 95.6 Å². The van der Waals surface area contributed by atoms with E-state index in [2.05, 4.69) is 5.32 Å². The molecule has 1 atom stereocenters. The van der Waals surface area contributed by atoms with E-state index in [9.17, 15) is 8.78 Å². The fourth-order valence-corrected chi connectivity index (χ4v) is 2.53. The first-order valence-corrected chi connectivity index (χ1v) is 8.12. The minimum atomic E-state index is -0.567. The second-order valence-electron chi connectivity index (χ2n) is 5.83. The molecule has 3 aromatic carbocycles. The van der Waals surface area contributed by atoms with Gasteiger partial charge < -0.3 is 10.1 Å². The highest BCUT2D eigenvalue weighted by molar-refractivity contribution is 5.33. The molecule has 4 heteroatoms. The zero-order chi connectivity index (χ0) is 17.6. The SMILES string of the molecule is CC(NCc1ccc(Oc2ccccc2)cc1)c1ccc(F)cc1F. The molecular formula is C21H19F2NO. The Bertz CT molecular complexity index is 819. The number of halogens is 2. The van der Waals surface area contributed by atoms with Gasteiger partial charge in [0.15, 0.2) is 0 Å². The van der Waals surface area contributed by atoms with E-state index in [4.69, 9.17) is 4.74 Å². The van der Waals surface area contributed by atoms with Crippen molar-refractivity contribution >= 4 is 0 Å².